The normalized spacial score (nSPS) is 13.1. The molecular formula is C9H9BrClN3O. The highest BCUT2D eigenvalue weighted by Crippen LogP contribution is 2.30. The van der Waals surface area contributed by atoms with Crippen LogP contribution in [0.25, 0.3) is 0 Å². The number of nitrogens with two attached hydrogens (primary N) is 1. The monoisotopic (exact) mass is 289 g/mol. The van der Waals surface area contributed by atoms with E-state index in [0.717, 1.165) is 11.3 Å². The van der Waals surface area contributed by atoms with E-state index < -0.39 is 0 Å². The van der Waals surface area contributed by atoms with Gasteiger partial charge in [-0.3, -0.25) is 4.68 Å². The minimum atomic E-state index is -0.349. The Morgan fingerprint density at radius 2 is 2.40 bits per heavy atom. The second-order valence-corrected chi connectivity index (χ2v) is 4.26. The maximum atomic E-state index is 6.07. The summed E-state index contributed by atoms with van der Waals surface area (Å²) in [4.78, 5) is 0. The summed E-state index contributed by atoms with van der Waals surface area (Å²) in [5, 5.41) is 4.59. The molecule has 0 aliphatic rings. The molecule has 0 bridgehead atoms. The van der Waals surface area contributed by atoms with Crippen molar-refractivity contribution in [1.29, 1.82) is 0 Å². The lowest BCUT2D eigenvalue weighted by Crippen LogP contribution is -2.16. The highest BCUT2D eigenvalue weighted by atomic mass is 79.9. The maximum absolute atomic E-state index is 6.07. The first-order chi connectivity index (χ1) is 7.11. The summed E-state index contributed by atoms with van der Waals surface area (Å²) in [5.74, 6) is 0. The predicted molar refractivity (Wildman–Crippen MR) is 60.7 cm³/mol. The number of rotatable bonds is 2. The lowest BCUT2D eigenvalue weighted by atomic mass is 10.1. The van der Waals surface area contributed by atoms with Crippen molar-refractivity contribution in [2.45, 2.75) is 6.04 Å². The number of hydrogen-bond donors (Lipinski definition) is 1. The van der Waals surface area contributed by atoms with Crippen LogP contribution in [0, 0.1) is 0 Å². The van der Waals surface area contributed by atoms with Crippen LogP contribution in [0.3, 0.4) is 0 Å². The van der Waals surface area contributed by atoms with Crippen LogP contribution >= 0.6 is 27.5 Å². The Bertz CT molecular complexity index is 460. The molecule has 0 aromatic carbocycles. The summed E-state index contributed by atoms with van der Waals surface area (Å²) in [7, 11) is 1.80. The number of halogens is 2. The van der Waals surface area contributed by atoms with Gasteiger partial charge in [-0.25, -0.2) is 0 Å². The molecule has 0 aliphatic heterocycles. The summed E-state index contributed by atoms with van der Waals surface area (Å²) in [6, 6.07) is 1.45. The van der Waals surface area contributed by atoms with E-state index in [-0.39, 0.29) is 6.04 Å². The summed E-state index contributed by atoms with van der Waals surface area (Å²) < 4.78 is 7.40. The molecule has 15 heavy (non-hydrogen) atoms. The van der Waals surface area contributed by atoms with Crippen LogP contribution in [-0.4, -0.2) is 9.78 Å². The molecule has 0 fully saturated rings. The Morgan fingerprint density at radius 1 is 1.67 bits per heavy atom. The van der Waals surface area contributed by atoms with E-state index in [1.807, 2.05) is 0 Å². The minimum Gasteiger partial charge on any atom is -0.457 e. The summed E-state index contributed by atoms with van der Waals surface area (Å²) >= 11 is 9.28. The van der Waals surface area contributed by atoms with Crippen LogP contribution in [0.2, 0.25) is 5.02 Å². The largest absolute Gasteiger partial charge is 0.457 e. The first kappa shape index (κ1) is 10.7. The zero-order valence-corrected chi connectivity index (χ0v) is 10.3. The van der Waals surface area contributed by atoms with Gasteiger partial charge >= 0.3 is 0 Å². The quantitative estimate of drug-likeness (QED) is 0.924. The molecule has 0 radical (unpaired) electrons. The molecule has 0 saturated carbocycles. The van der Waals surface area contributed by atoms with E-state index in [1.54, 1.807) is 30.3 Å². The second kappa shape index (κ2) is 4.00. The van der Waals surface area contributed by atoms with Gasteiger partial charge in [0.1, 0.15) is 0 Å². The first-order valence-electron chi connectivity index (χ1n) is 4.27. The van der Waals surface area contributed by atoms with Gasteiger partial charge in [-0.1, -0.05) is 11.6 Å². The van der Waals surface area contributed by atoms with E-state index in [4.69, 9.17) is 21.8 Å². The van der Waals surface area contributed by atoms with Crippen LogP contribution in [0.5, 0.6) is 0 Å². The van der Waals surface area contributed by atoms with Crippen LogP contribution in [0.1, 0.15) is 17.3 Å². The molecule has 4 nitrogen and oxygen atoms in total. The molecule has 6 heteroatoms. The third-order valence-electron chi connectivity index (χ3n) is 2.21. The van der Waals surface area contributed by atoms with Gasteiger partial charge in [-0.15, -0.1) is 0 Å². The van der Waals surface area contributed by atoms with Crippen LogP contribution in [0.4, 0.5) is 0 Å². The molecule has 2 rings (SSSR count). The molecule has 0 spiro atoms. The fourth-order valence-corrected chi connectivity index (χ4v) is 2.21. The van der Waals surface area contributed by atoms with Crippen molar-refractivity contribution in [3.05, 3.63) is 39.5 Å². The average Bonchev–Trinajstić information content (AvgIpc) is 2.73. The zero-order valence-electron chi connectivity index (χ0n) is 7.95. The van der Waals surface area contributed by atoms with Crippen molar-refractivity contribution < 1.29 is 4.42 Å². The molecule has 2 aromatic heterocycles. The molecule has 1 unspecified atom stereocenters. The summed E-state index contributed by atoms with van der Waals surface area (Å²) in [6.07, 6.45) is 3.15. The van der Waals surface area contributed by atoms with Crippen LogP contribution in [-0.2, 0) is 7.05 Å². The molecule has 0 aliphatic carbocycles. The lowest BCUT2D eigenvalue weighted by molar-refractivity contribution is 0.533. The smallest absolute Gasteiger partial charge is 0.174 e. The highest BCUT2D eigenvalue weighted by molar-refractivity contribution is 9.10. The molecule has 2 N–H and O–H groups in total. The number of nitrogens with zero attached hydrogens (tertiary/aromatic N) is 2. The topological polar surface area (TPSA) is 57.0 Å². The third-order valence-corrected chi connectivity index (χ3v) is 3.15. The van der Waals surface area contributed by atoms with Crippen molar-refractivity contribution in [3.63, 3.8) is 0 Å². The fraction of sp³-hybridized carbons (Fsp3) is 0.222. The van der Waals surface area contributed by atoms with Gasteiger partial charge in [-0.05, 0) is 22.0 Å². The molecule has 80 valence electrons. The van der Waals surface area contributed by atoms with Crippen molar-refractivity contribution in [1.82, 2.24) is 9.78 Å². The van der Waals surface area contributed by atoms with Gasteiger partial charge in [0.2, 0.25) is 0 Å². The van der Waals surface area contributed by atoms with E-state index in [0.29, 0.717) is 9.69 Å². The van der Waals surface area contributed by atoms with Crippen molar-refractivity contribution >= 4 is 27.5 Å². The van der Waals surface area contributed by atoms with Gasteiger partial charge in [0.15, 0.2) is 4.67 Å². The minimum absolute atomic E-state index is 0.349. The fourth-order valence-electron chi connectivity index (χ4n) is 1.44. The van der Waals surface area contributed by atoms with E-state index in [2.05, 4.69) is 21.0 Å². The van der Waals surface area contributed by atoms with Gasteiger partial charge in [0, 0.05) is 12.6 Å². The third kappa shape index (κ3) is 1.82. The molecule has 2 heterocycles. The number of aromatic nitrogens is 2. The van der Waals surface area contributed by atoms with E-state index in [1.165, 1.54) is 0 Å². The first-order valence-corrected chi connectivity index (χ1v) is 5.44. The Balaban J connectivity index is 2.45. The predicted octanol–water partition coefficient (Wildman–Crippen LogP) is 2.48. The molecule has 1 atom stereocenters. The molecule has 0 saturated heterocycles. The standard InChI is InChI=1S/C9H9BrClN3O/c1-14-8(6(11)4-13-14)7(12)5-2-3-15-9(5)10/h2-4,7H,12H2,1H3. The Labute approximate surface area is 100 Å². The highest BCUT2D eigenvalue weighted by Gasteiger charge is 2.20. The number of aryl methyl sites for hydroxylation is 1. The van der Waals surface area contributed by atoms with E-state index in [9.17, 15) is 0 Å². The Morgan fingerprint density at radius 3 is 2.87 bits per heavy atom. The van der Waals surface area contributed by atoms with Crippen LogP contribution < -0.4 is 5.73 Å². The van der Waals surface area contributed by atoms with Gasteiger partial charge in [-0.2, -0.15) is 5.10 Å². The number of furan rings is 1. The van der Waals surface area contributed by atoms with Crippen molar-refractivity contribution in [3.8, 4) is 0 Å². The van der Waals surface area contributed by atoms with Crippen molar-refractivity contribution in [2.75, 3.05) is 0 Å². The van der Waals surface area contributed by atoms with Gasteiger partial charge in [0.25, 0.3) is 0 Å². The average molecular weight is 291 g/mol. The lowest BCUT2D eigenvalue weighted by Gasteiger charge is -2.11. The van der Waals surface area contributed by atoms with Gasteiger partial charge < -0.3 is 10.2 Å². The Hall–Kier alpha value is -0.780. The summed E-state index contributed by atoms with van der Waals surface area (Å²) in [6.45, 7) is 0. The molecular weight excluding hydrogens is 281 g/mol. The van der Waals surface area contributed by atoms with Gasteiger partial charge in [0.05, 0.1) is 29.2 Å². The molecule has 2 aromatic rings. The Kier molecular flexibility index (Phi) is 2.86. The SMILES string of the molecule is Cn1ncc(Cl)c1C(N)c1ccoc1Br. The zero-order chi connectivity index (χ0) is 11.0. The van der Waals surface area contributed by atoms with E-state index >= 15 is 0 Å². The van der Waals surface area contributed by atoms with Crippen molar-refractivity contribution in [2.24, 2.45) is 12.8 Å². The maximum Gasteiger partial charge on any atom is 0.174 e. The second-order valence-electron chi connectivity index (χ2n) is 3.13. The summed E-state index contributed by atoms with van der Waals surface area (Å²) in [5.41, 5.74) is 7.68. The number of hydrogen-bond acceptors (Lipinski definition) is 3. The van der Waals surface area contributed by atoms with Crippen LogP contribution in [0.15, 0.2) is 27.6 Å². The molecule has 0 amide bonds.